The molecule has 14 heavy (non-hydrogen) atoms. The fourth-order valence-electron chi connectivity index (χ4n) is 0.852. The van der Waals surface area contributed by atoms with Gasteiger partial charge in [0, 0.05) is 0 Å². The second-order valence-corrected chi connectivity index (χ2v) is 2.65. The van der Waals surface area contributed by atoms with E-state index < -0.39 is 26.1 Å². The fourth-order valence-corrected chi connectivity index (χ4v) is 0.852. The summed E-state index contributed by atoms with van der Waals surface area (Å²) in [6, 6.07) is 0. The molecule has 0 aromatic heterocycles. The van der Waals surface area contributed by atoms with Gasteiger partial charge in [-0.2, -0.15) is 13.2 Å². The normalized spacial score (nSPS) is 12.9. The molecule has 0 amide bonds. The first-order chi connectivity index (χ1) is 5.64. The molecule has 0 bridgehead atoms. The Morgan fingerprint density at radius 1 is 1.14 bits per heavy atom. The second-order valence-electron chi connectivity index (χ2n) is 2.65. The van der Waals surface area contributed by atoms with Gasteiger partial charge >= 0.3 is 64.5 Å². The van der Waals surface area contributed by atoms with Gasteiger partial charge in [0.15, 0.2) is 0 Å². The molecular weight excluding hydrogens is 238 g/mol. The summed E-state index contributed by atoms with van der Waals surface area (Å²) in [6.07, 6.45) is -6.03. The molecule has 0 unspecified atom stereocenters. The number of halogens is 6. The first-order valence-corrected chi connectivity index (χ1v) is 3.64. The van der Waals surface area contributed by atoms with E-state index >= 15 is 0 Å². The van der Waals surface area contributed by atoms with E-state index in [0.717, 1.165) is 0 Å². The molecule has 0 aromatic carbocycles. The zero-order chi connectivity index (χ0) is 10.7. The maximum Gasteiger partial charge on any atom is 1.00 e. The average molecular weight is 247 g/mol. The van der Waals surface area contributed by atoms with Crippen LogP contribution in [0.25, 0.3) is 0 Å². The van der Waals surface area contributed by atoms with Crippen LogP contribution in [0.4, 0.5) is 26.1 Å². The molecule has 1 nitrogen and oxygen atoms in total. The summed E-state index contributed by atoms with van der Waals surface area (Å²) in [4.78, 5) is 0.319. The minimum Gasteiger partial charge on any atom is -0.448 e. The van der Waals surface area contributed by atoms with Crippen molar-refractivity contribution in [2.45, 2.75) is 13.1 Å². The van der Waals surface area contributed by atoms with Crippen molar-refractivity contribution in [1.29, 1.82) is 0 Å². The summed E-state index contributed by atoms with van der Waals surface area (Å²) in [6.45, 7) is -5.70. The van der Waals surface area contributed by atoms with Crippen LogP contribution in [0.5, 0.6) is 0 Å². The third-order valence-corrected chi connectivity index (χ3v) is 1.32. The van der Waals surface area contributed by atoms with Gasteiger partial charge in [0.2, 0.25) is 0 Å². The zero-order valence-electron chi connectivity index (χ0n) is 7.91. The number of nitrogens with zero attached hydrogens (tertiary/aromatic N) is 1. The van der Waals surface area contributed by atoms with Crippen molar-refractivity contribution in [2.24, 2.45) is 0 Å². The first kappa shape index (κ1) is 17.6. The van der Waals surface area contributed by atoms with E-state index in [1.165, 1.54) is 6.92 Å². The maximum absolute atomic E-state index is 11.7. The van der Waals surface area contributed by atoms with Crippen molar-refractivity contribution >= 4 is 6.98 Å². The Hall–Kier alpha value is 1.24. The van der Waals surface area contributed by atoms with E-state index in [1.807, 2.05) is 0 Å². The van der Waals surface area contributed by atoms with Crippen LogP contribution < -0.4 is 51.4 Å². The van der Waals surface area contributed by atoms with Gasteiger partial charge in [0.25, 0.3) is 0 Å². The average Bonchev–Trinajstić information content (AvgIpc) is 1.79. The van der Waals surface area contributed by atoms with Crippen molar-refractivity contribution in [3.05, 3.63) is 0 Å². The van der Waals surface area contributed by atoms with Crippen molar-refractivity contribution < 1.29 is 77.5 Å². The molecule has 0 saturated carbocycles. The van der Waals surface area contributed by atoms with Gasteiger partial charge in [0.1, 0.15) is 0 Å². The van der Waals surface area contributed by atoms with Gasteiger partial charge in [-0.25, -0.2) is 0 Å². The topological polar surface area (TPSA) is 3.24 Å². The second kappa shape index (κ2) is 6.74. The first-order valence-electron chi connectivity index (χ1n) is 3.64. The van der Waals surface area contributed by atoms with Crippen molar-refractivity contribution in [1.82, 2.24) is 4.90 Å². The predicted molar refractivity (Wildman–Crippen MR) is 37.2 cm³/mol. The largest absolute Gasteiger partial charge is 1.00 e. The van der Waals surface area contributed by atoms with E-state index in [9.17, 15) is 26.1 Å². The molecule has 0 aliphatic heterocycles. The van der Waals surface area contributed by atoms with Crippen LogP contribution in [-0.2, 0) is 0 Å². The molecule has 0 heterocycles. The molecule has 0 rings (SSSR count). The summed E-state index contributed by atoms with van der Waals surface area (Å²) in [5.74, 6) is 0. The molecule has 0 spiro atoms. The number of hydrogen-bond donors (Lipinski definition) is 0. The van der Waals surface area contributed by atoms with E-state index in [2.05, 4.69) is 0 Å². The van der Waals surface area contributed by atoms with Crippen molar-refractivity contribution in [2.75, 3.05) is 19.5 Å². The molecule has 0 saturated heterocycles. The molecule has 0 aliphatic carbocycles. The Morgan fingerprint density at radius 3 is 1.79 bits per heavy atom. The molecule has 9 heteroatoms. The third kappa shape index (κ3) is 11.3. The standard InChI is InChI=1S/C5H9BF6N.K/c1-2-13(3-5(7,8)9)4-6(10,11)12;/h2-4H2,1H3;/q-1;+1. The molecule has 0 aliphatic rings. The van der Waals surface area contributed by atoms with E-state index in [0.29, 0.717) is 4.90 Å². The van der Waals surface area contributed by atoms with Crippen LogP contribution in [0.3, 0.4) is 0 Å². The van der Waals surface area contributed by atoms with Gasteiger partial charge in [-0.15, -0.1) is 0 Å². The molecular formula is C5H9BF6KN. The summed E-state index contributed by atoms with van der Waals surface area (Å²) in [5.41, 5.74) is 0. The van der Waals surface area contributed by atoms with Crippen molar-refractivity contribution in [3.63, 3.8) is 0 Å². The Bertz CT molecular complexity index is 141. The van der Waals surface area contributed by atoms with Crippen molar-refractivity contribution in [3.8, 4) is 0 Å². The van der Waals surface area contributed by atoms with E-state index in [-0.39, 0.29) is 57.9 Å². The van der Waals surface area contributed by atoms with Crippen LogP contribution in [0, 0.1) is 0 Å². The van der Waals surface area contributed by atoms with Crippen LogP contribution in [0.15, 0.2) is 0 Å². The molecule has 0 radical (unpaired) electrons. The third-order valence-electron chi connectivity index (χ3n) is 1.32. The smallest absolute Gasteiger partial charge is 0.448 e. The summed E-state index contributed by atoms with van der Waals surface area (Å²) in [5, 5.41) is 0. The Kier molecular flexibility index (Phi) is 8.49. The SMILES string of the molecule is CCN(C[B-](F)(F)F)CC(F)(F)F.[K+]. The summed E-state index contributed by atoms with van der Waals surface area (Å²) >= 11 is 0. The fraction of sp³-hybridized carbons (Fsp3) is 1.00. The van der Waals surface area contributed by atoms with Gasteiger partial charge in [-0.3, -0.25) is 0 Å². The summed E-state index contributed by atoms with van der Waals surface area (Å²) in [7, 11) is 0. The Labute approximate surface area is 121 Å². The van der Waals surface area contributed by atoms with Crippen LogP contribution in [0.1, 0.15) is 6.92 Å². The quantitative estimate of drug-likeness (QED) is 0.467. The Balaban J connectivity index is 0. The van der Waals surface area contributed by atoms with E-state index in [1.54, 1.807) is 0 Å². The van der Waals surface area contributed by atoms with E-state index in [4.69, 9.17) is 0 Å². The van der Waals surface area contributed by atoms with Crippen LogP contribution in [0.2, 0.25) is 0 Å². The number of alkyl halides is 3. The molecule has 0 N–H and O–H groups in total. The Morgan fingerprint density at radius 2 is 1.57 bits per heavy atom. The predicted octanol–water partition coefficient (Wildman–Crippen LogP) is -0.739. The monoisotopic (exact) mass is 247 g/mol. The summed E-state index contributed by atoms with van der Waals surface area (Å²) < 4.78 is 70.2. The zero-order valence-corrected chi connectivity index (χ0v) is 11.0. The maximum atomic E-state index is 11.7. The van der Waals surface area contributed by atoms with Gasteiger partial charge in [-0.05, 0) is 13.0 Å². The number of hydrogen-bond acceptors (Lipinski definition) is 1. The van der Waals surface area contributed by atoms with Gasteiger partial charge in [-0.1, -0.05) is 6.92 Å². The number of rotatable bonds is 4. The van der Waals surface area contributed by atoms with Gasteiger partial charge < -0.3 is 17.8 Å². The van der Waals surface area contributed by atoms with Crippen LogP contribution >= 0.6 is 0 Å². The minimum absolute atomic E-state index is 0. The minimum atomic E-state index is -5.18. The molecule has 80 valence electrons. The van der Waals surface area contributed by atoms with Gasteiger partial charge in [0.05, 0.1) is 6.54 Å². The van der Waals surface area contributed by atoms with Crippen LogP contribution in [-0.4, -0.2) is 37.6 Å². The molecule has 0 atom stereocenters. The molecule has 0 aromatic rings. The molecule has 0 fully saturated rings.